The molecule has 0 radical (unpaired) electrons. The summed E-state index contributed by atoms with van der Waals surface area (Å²) >= 11 is 2.45. The first-order valence-corrected chi connectivity index (χ1v) is 13.7. The molecule has 3 aromatic rings. The topological polar surface area (TPSA) is 77.8 Å². The summed E-state index contributed by atoms with van der Waals surface area (Å²) in [6.45, 7) is 9.84. The summed E-state index contributed by atoms with van der Waals surface area (Å²) in [6.07, 6.45) is 4.77. The number of fused-ring (bicyclic) bond motifs is 2. The minimum atomic E-state index is -1.17. The van der Waals surface area contributed by atoms with Gasteiger partial charge < -0.3 is 14.2 Å². The molecule has 0 amide bonds. The first-order chi connectivity index (χ1) is 16.1. The van der Waals surface area contributed by atoms with Crippen LogP contribution in [0.1, 0.15) is 56.5 Å². The van der Waals surface area contributed by atoms with Crippen molar-refractivity contribution in [2.45, 2.75) is 57.7 Å². The summed E-state index contributed by atoms with van der Waals surface area (Å²) in [5, 5.41) is 4.46. The molecular formula is C25H32BrN5O2S. The Bertz CT molecular complexity index is 1220. The van der Waals surface area contributed by atoms with Gasteiger partial charge in [0, 0.05) is 29.9 Å². The van der Waals surface area contributed by atoms with E-state index in [0.29, 0.717) is 0 Å². The summed E-state index contributed by atoms with van der Waals surface area (Å²) in [4.78, 5) is 7.29. The summed E-state index contributed by atoms with van der Waals surface area (Å²) < 4.78 is 24.8. The number of nitrogens with zero attached hydrogens (tertiary/aromatic N) is 4. The van der Waals surface area contributed by atoms with Crippen LogP contribution in [0.2, 0.25) is 0 Å². The van der Waals surface area contributed by atoms with Gasteiger partial charge in [0.15, 0.2) is 5.82 Å². The van der Waals surface area contributed by atoms with Gasteiger partial charge in [-0.1, -0.05) is 6.07 Å². The molecule has 1 spiro atoms. The van der Waals surface area contributed by atoms with Crippen LogP contribution in [0.4, 0.5) is 5.82 Å². The van der Waals surface area contributed by atoms with Gasteiger partial charge in [0.25, 0.3) is 0 Å². The SMILES string of the molecule is COc1ccc2c(c1)[C@@H](N[S@+]([O-])C(C)(C)C)C1(CCN(c3nc(C)c(Br)n4nccc34)CC1)C2. The lowest BCUT2D eigenvalue weighted by Gasteiger charge is -2.44. The van der Waals surface area contributed by atoms with Gasteiger partial charge in [0.2, 0.25) is 0 Å². The summed E-state index contributed by atoms with van der Waals surface area (Å²) in [7, 11) is 1.70. The van der Waals surface area contributed by atoms with E-state index in [1.807, 2.05) is 50.5 Å². The monoisotopic (exact) mass is 545 g/mol. The van der Waals surface area contributed by atoms with E-state index in [1.54, 1.807) is 7.11 Å². The maximum absolute atomic E-state index is 13.2. The Morgan fingerprint density at radius 3 is 2.65 bits per heavy atom. The number of anilines is 1. The quantitative estimate of drug-likeness (QED) is 0.477. The minimum Gasteiger partial charge on any atom is -0.598 e. The molecule has 1 fully saturated rings. The van der Waals surface area contributed by atoms with Crippen LogP contribution in [0.5, 0.6) is 5.75 Å². The third kappa shape index (κ3) is 4.00. The first kappa shape index (κ1) is 23.9. The number of ether oxygens (including phenoxy) is 1. The molecule has 2 atom stereocenters. The number of aromatic nitrogens is 3. The molecule has 5 rings (SSSR count). The lowest BCUT2D eigenvalue weighted by atomic mass is 9.73. The summed E-state index contributed by atoms with van der Waals surface area (Å²) in [6, 6.07) is 8.39. The first-order valence-electron chi connectivity index (χ1n) is 11.7. The fourth-order valence-electron chi connectivity index (χ4n) is 5.32. The molecule has 3 heterocycles. The number of piperidine rings is 1. The van der Waals surface area contributed by atoms with Crippen LogP contribution in [0.15, 0.2) is 35.1 Å². The van der Waals surface area contributed by atoms with Gasteiger partial charge in [-0.05, 0) is 92.2 Å². The van der Waals surface area contributed by atoms with Gasteiger partial charge >= 0.3 is 0 Å². The average molecular weight is 547 g/mol. The van der Waals surface area contributed by atoms with Crippen LogP contribution in [-0.4, -0.2) is 44.1 Å². The zero-order valence-electron chi connectivity index (χ0n) is 20.4. The number of methoxy groups -OCH3 is 1. The van der Waals surface area contributed by atoms with Crippen molar-refractivity contribution in [3.8, 4) is 5.75 Å². The van der Waals surface area contributed by atoms with E-state index in [4.69, 9.17) is 9.72 Å². The summed E-state index contributed by atoms with van der Waals surface area (Å²) in [5.41, 5.74) is 4.49. The van der Waals surface area contributed by atoms with Crippen molar-refractivity contribution in [2.75, 3.05) is 25.1 Å². The molecule has 1 aliphatic heterocycles. The third-order valence-corrected chi connectivity index (χ3v) is 9.76. The van der Waals surface area contributed by atoms with E-state index < -0.39 is 11.4 Å². The van der Waals surface area contributed by atoms with Crippen molar-refractivity contribution in [3.63, 3.8) is 0 Å². The molecule has 9 heteroatoms. The Morgan fingerprint density at radius 1 is 1.24 bits per heavy atom. The van der Waals surface area contributed by atoms with E-state index in [2.05, 4.69) is 42.8 Å². The molecule has 182 valence electrons. The number of hydrogen-bond donors (Lipinski definition) is 1. The maximum Gasteiger partial charge on any atom is 0.155 e. The molecule has 1 aromatic carbocycles. The number of aryl methyl sites for hydroxylation is 1. The van der Waals surface area contributed by atoms with Crippen molar-refractivity contribution >= 4 is 38.6 Å². The molecule has 1 N–H and O–H groups in total. The van der Waals surface area contributed by atoms with Crippen molar-refractivity contribution < 1.29 is 9.29 Å². The molecular weight excluding hydrogens is 514 g/mol. The number of halogens is 1. The smallest absolute Gasteiger partial charge is 0.155 e. The Labute approximate surface area is 212 Å². The normalized spacial score (nSPS) is 20.7. The lowest BCUT2D eigenvalue weighted by molar-refractivity contribution is 0.176. The van der Waals surface area contributed by atoms with Crippen LogP contribution in [0.3, 0.4) is 0 Å². The Balaban J connectivity index is 1.46. The van der Waals surface area contributed by atoms with E-state index in [-0.39, 0.29) is 16.2 Å². The van der Waals surface area contributed by atoms with Crippen molar-refractivity contribution in [1.82, 2.24) is 19.3 Å². The minimum absolute atomic E-state index is 0.00699. The largest absolute Gasteiger partial charge is 0.598 e. The number of hydrogen-bond acceptors (Lipinski definition) is 6. The fourth-order valence-corrected chi connectivity index (χ4v) is 6.64. The number of nitrogens with one attached hydrogen (secondary N) is 1. The maximum atomic E-state index is 13.2. The molecule has 0 bridgehead atoms. The highest BCUT2D eigenvalue weighted by Crippen LogP contribution is 2.53. The second-order valence-electron chi connectivity index (χ2n) is 10.5. The molecule has 1 saturated heterocycles. The highest BCUT2D eigenvalue weighted by atomic mass is 79.9. The number of benzene rings is 1. The van der Waals surface area contributed by atoms with Crippen LogP contribution >= 0.6 is 15.9 Å². The highest BCUT2D eigenvalue weighted by Gasteiger charge is 2.50. The van der Waals surface area contributed by atoms with Gasteiger partial charge in [-0.3, -0.25) is 0 Å². The molecule has 1 aliphatic carbocycles. The molecule has 7 nitrogen and oxygen atoms in total. The van der Waals surface area contributed by atoms with Crippen molar-refractivity contribution in [3.05, 3.63) is 51.9 Å². The second kappa shape index (κ2) is 8.69. The average Bonchev–Trinajstić information content (AvgIpc) is 3.40. The number of rotatable bonds is 4. The zero-order chi connectivity index (χ0) is 24.3. The molecule has 0 saturated carbocycles. The molecule has 2 aromatic heterocycles. The fraction of sp³-hybridized carbons (Fsp3) is 0.520. The summed E-state index contributed by atoms with van der Waals surface area (Å²) in [5.74, 6) is 1.83. The predicted octanol–water partition coefficient (Wildman–Crippen LogP) is 4.74. The van der Waals surface area contributed by atoms with E-state index in [9.17, 15) is 4.55 Å². The van der Waals surface area contributed by atoms with Gasteiger partial charge in [0.1, 0.15) is 20.6 Å². The second-order valence-corrected chi connectivity index (χ2v) is 13.2. The van der Waals surface area contributed by atoms with Crippen molar-refractivity contribution in [2.24, 2.45) is 5.41 Å². The van der Waals surface area contributed by atoms with Crippen LogP contribution in [-0.2, 0) is 17.8 Å². The highest BCUT2D eigenvalue weighted by molar-refractivity contribution is 9.10. The molecule has 34 heavy (non-hydrogen) atoms. The third-order valence-electron chi connectivity index (χ3n) is 7.29. The Kier molecular flexibility index (Phi) is 6.11. The van der Waals surface area contributed by atoms with E-state index in [0.717, 1.165) is 59.7 Å². The van der Waals surface area contributed by atoms with Gasteiger partial charge in [0.05, 0.1) is 25.0 Å². The molecule has 2 aliphatic rings. The standard InChI is InChI=1S/C25H32BrN5O2S/c1-16-22(26)31-20(8-11-27-31)23(28-16)30-12-9-25(10-13-30)15-17-6-7-18(33-5)14-19(17)21(25)29-34(32)24(2,3)4/h6-8,11,14,21,29H,9-10,12-13,15H2,1-5H3/t21-,34-/m1/s1. The zero-order valence-corrected chi connectivity index (χ0v) is 22.8. The molecule has 0 unspecified atom stereocenters. The van der Waals surface area contributed by atoms with E-state index >= 15 is 0 Å². The van der Waals surface area contributed by atoms with Gasteiger partial charge in [-0.25, -0.2) is 9.50 Å². The van der Waals surface area contributed by atoms with Gasteiger partial charge in [-0.15, -0.1) is 4.72 Å². The van der Waals surface area contributed by atoms with E-state index in [1.165, 1.54) is 11.1 Å². The predicted molar refractivity (Wildman–Crippen MR) is 140 cm³/mol. The lowest BCUT2D eigenvalue weighted by Crippen LogP contribution is -2.50. The van der Waals surface area contributed by atoms with Crippen LogP contribution in [0, 0.1) is 12.3 Å². The Hall–Kier alpha value is -1.81. The van der Waals surface area contributed by atoms with Crippen molar-refractivity contribution in [1.29, 1.82) is 0 Å². The Morgan fingerprint density at radius 2 is 1.97 bits per heavy atom. The van der Waals surface area contributed by atoms with Crippen LogP contribution < -0.4 is 14.4 Å². The van der Waals surface area contributed by atoms with Crippen LogP contribution in [0.25, 0.3) is 5.52 Å². The van der Waals surface area contributed by atoms with Gasteiger partial charge in [-0.2, -0.15) is 5.10 Å².